The zero-order valence-corrected chi connectivity index (χ0v) is 15.7. The van der Waals surface area contributed by atoms with Crippen molar-refractivity contribution < 1.29 is 17.5 Å². The smallest absolute Gasteiger partial charge is 0.243 e. The van der Waals surface area contributed by atoms with E-state index < -0.39 is 15.8 Å². The lowest BCUT2D eigenvalue weighted by Gasteiger charge is -2.18. The number of sulfonamides is 1. The van der Waals surface area contributed by atoms with Crippen LogP contribution in [0.2, 0.25) is 0 Å². The van der Waals surface area contributed by atoms with Crippen LogP contribution in [0.3, 0.4) is 0 Å². The molecule has 0 unspecified atom stereocenters. The van der Waals surface area contributed by atoms with Gasteiger partial charge in [0.1, 0.15) is 0 Å². The van der Waals surface area contributed by atoms with Crippen LogP contribution in [0.15, 0.2) is 53.7 Å². The molecule has 0 radical (unpaired) electrons. The van der Waals surface area contributed by atoms with Crippen LogP contribution >= 0.6 is 0 Å². The molecule has 8 heteroatoms. The molecule has 1 aromatic heterocycles. The molecule has 0 aliphatic carbocycles. The topological polar surface area (TPSA) is 64.4 Å². The van der Waals surface area contributed by atoms with Crippen LogP contribution in [-0.2, 0) is 10.0 Å². The van der Waals surface area contributed by atoms with E-state index >= 15 is 0 Å². The van der Waals surface area contributed by atoms with Crippen molar-refractivity contribution in [2.45, 2.75) is 24.3 Å². The van der Waals surface area contributed by atoms with E-state index in [4.69, 9.17) is 4.74 Å². The van der Waals surface area contributed by atoms with Gasteiger partial charge in [-0.1, -0.05) is 12.1 Å². The first kappa shape index (κ1) is 17.9. The van der Waals surface area contributed by atoms with Crippen molar-refractivity contribution in [2.75, 3.05) is 19.7 Å². The van der Waals surface area contributed by atoms with E-state index in [9.17, 15) is 12.8 Å². The molecule has 1 fully saturated rings. The highest BCUT2D eigenvalue weighted by atomic mass is 32.2. The third-order valence-corrected chi connectivity index (χ3v) is 6.70. The van der Waals surface area contributed by atoms with E-state index in [0.717, 1.165) is 17.1 Å². The summed E-state index contributed by atoms with van der Waals surface area (Å²) in [4.78, 5) is 4.32. The summed E-state index contributed by atoms with van der Waals surface area (Å²) in [7, 11) is -3.77. The van der Waals surface area contributed by atoms with E-state index in [0.29, 0.717) is 26.1 Å². The Bertz CT molecular complexity index is 1080. The van der Waals surface area contributed by atoms with Crippen LogP contribution in [0.1, 0.15) is 19.4 Å². The largest absolute Gasteiger partial charge is 0.491 e. The first-order valence-corrected chi connectivity index (χ1v) is 10.3. The molecule has 0 N–H and O–H groups in total. The Hall–Kier alpha value is -2.45. The Morgan fingerprint density at radius 1 is 1.26 bits per heavy atom. The normalized spacial score (nSPS) is 18.2. The minimum Gasteiger partial charge on any atom is -0.491 e. The van der Waals surface area contributed by atoms with Gasteiger partial charge >= 0.3 is 0 Å². The second kappa shape index (κ2) is 6.94. The predicted octanol–water partition coefficient (Wildman–Crippen LogP) is 3.21. The summed E-state index contributed by atoms with van der Waals surface area (Å²) in [6, 6.07) is 11.5. The molecule has 3 aromatic rings. The molecular formula is C19H20FN3O3S. The average Bonchev–Trinajstić information content (AvgIpc) is 3.30. The molecule has 1 saturated heterocycles. The van der Waals surface area contributed by atoms with Crippen LogP contribution in [0.5, 0.6) is 5.75 Å². The first-order valence-electron chi connectivity index (χ1n) is 8.85. The summed E-state index contributed by atoms with van der Waals surface area (Å²) in [5.74, 6) is -0.616. The summed E-state index contributed by atoms with van der Waals surface area (Å²) in [6.45, 7) is 2.77. The Labute approximate surface area is 157 Å². The van der Waals surface area contributed by atoms with E-state index in [2.05, 4.69) is 4.98 Å². The van der Waals surface area contributed by atoms with Crippen molar-refractivity contribution in [3.8, 4) is 5.75 Å². The lowest BCUT2D eigenvalue weighted by molar-refractivity contribution is 0.321. The van der Waals surface area contributed by atoms with Gasteiger partial charge in [-0.15, -0.1) is 0 Å². The van der Waals surface area contributed by atoms with Crippen LogP contribution < -0.4 is 4.74 Å². The highest BCUT2D eigenvalue weighted by molar-refractivity contribution is 7.89. The number of para-hydroxylation sites is 2. The fourth-order valence-corrected chi connectivity index (χ4v) is 4.99. The lowest BCUT2D eigenvalue weighted by atomic mass is 10.2. The fourth-order valence-electron chi connectivity index (χ4n) is 3.49. The molecule has 27 heavy (non-hydrogen) atoms. The Morgan fingerprint density at radius 3 is 2.85 bits per heavy atom. The van der Waals surface area contributed by atoms with Gasteiger partial charge in [0.2, 0.25) is 10.0 Å². The van der Waals surface area contributed by atoms with Crippen LogP contribution in [0, 0.1) is 5.82 Å². The van der Waals surface area contributed by atoms with E-state index in [1.165, 1.54) is 16.4 Å². The zero-order chi connectivity index (χ0) is 19.0. The van der Waals surface area contributed by atoms with Gasteiger partial charge in [0.05, 0.1) is 34.9 Å². The number of benzene rings is 2. The highest BCUT2D eigenvalue weighted by Gasteiger charge is 2.34. The quantitative estimate of drug-likeness (QED) is 0.672. The number of hydrogen-bond acceptors (Lipinski definition) is 4. The maximum Gasteiger partial charge on any atom is 0.243 e. The van der Waals surface area contributed by atoms with Crippen molar-refractivity contribution in [1.29, 1.82) is 0 Å². The lowest BCUT2D eigenvalue weighted by Crippen LogP contribution is -2.29. The molecule has 1 atom stereocenters. The average molecular weight is 389 g/mol. The Balaban J connectivity index is 1.58. The van der Waals surface area contributed by atoms with Gasteiger partial charge in [-0.25, -0.2) is 17.8 Å². The SMILES string of the molecule is CCOc1ccc(S(=O)(=O)N2CC[C@H](n3cnc4ccccc43)C2)cc1F. The minimum atomic E-state index is -3.77. The number of hydrogen-bond donors (Lipinski definition) is 0. The number of nitrogens with zero attached hydrogens (tertiary/aromatic N) is 3. The van der Waals surface area contributed by atoms with Gasteiger partial charge in [0.25, 0.3) is 0 Å². The molecular weight excluding hydrogens is 369 g/mol. The number of imidazole rings is 1. The van der Waals surface area contributed by atoms with Gasteiger partial charge in [-0.3, -0.25) is 0 Å². The maximum absolute atomic E-state index is 14.1. The van der Waals surface area contributed by atoms with Crippen LogP contribution in [0.4, 0.5) is 4.39 Å². The molecule has 0 amide bonds. The molecule has 142 valence electrons. The van der Waals surface area contributed by atoms with Crippen molar-refractivity contribution >= 4 is 21.1 Å². The van der Waals surface area contributed by atoms with Crippen molar-refractivity contribution in [3.05, 3.63) is 54.6 Å². The minimum absolute atomic E-state index is 0.000259. The van der Waals surface area contributed by atoms with Gasteiger partial charge in [-0.05, 0) is 43.7 Å². The molecule has 0 spiro atoms. The highest BCUT2D eigenvalue weighted by Crippen LogP contribution is 2.31. The standard InChI is InChI=1S/C19H20FN3O3S/c1-2-26-19-8-7-15(11-16(19)20)27(24,25)22-10-9-14(12-22)23-13-21-17-5-3-4-6-18(17)23/h3-8,11,13-14H,2,9-10,12H2,1H3/t14-/m0/s1. The molecule has 1 aliphatic heterocycles. The maximum atomic E-state index is 14.1. The summed E-state index contributed by atoms with van der Waals surface area (Å²) in [5.41, 5.74) is 1.86. The van der Waals surface area contributed by atoms with Crippen molar-refractivity contribution in [2.24, 2.45) is 0 Å². The number of fused-ring (bicyclic) bond motifs is 1. The van der Waals surface area contributed by atoms with Gasteiger partial charge in [0.15, 0.2) is 11.6 Å². The summed E-state index contributed by atoms with van der Waals surface area (Å²) >= 11 is 0. The molecule has 2 heterocycles. The second-order valence-electron chi connectivity index (χ2n) is 6.47. The monoisotopic (exact) mass is 389 g/mol. The van der Waals surface area contributed by atoms with Gasteiger partial charge in [0, 0.05) is 13.1 Å². The number of halogens is 1. The van der Waals surface area contributed by atoms with Crippen molar-refractivity contribution in [1.82, 2.24) is 13.9 Å². The van der Waals surface area contributed by atoms with Crippen molar-refractivity contribution in [3.63, 3.8) is 0 Å². The summed E-state index contributed by atoms with van der Waals surface area (Å²) in [5, 5.41) is 0. The van der Waals surface area contributed by atoms with Crippen LogP contribution in [-0.4, -0.2) is 42.0 Å². The van der Waals surface area contributed by atoms with E-state index in [1.54, 1.807) is 13.3 Å². The second-order valence-corrected chi connectivity index (χ2v) is 8.41. The molecule has 0 bridgehead atoms. The Kier molecular flexibility index (Phi) is 4.61. The first-order chi connectivity index (χ1) is 13.0. The van der Waals surface area contributed by atoms with Gasteiger partial charge in [-0.2, -0.15) is 4.31 Å². The van der Waals surface area contributed by atoms with Crippen LogP contribution in [0.25, 0.3) is 11.0 Å². The zero-order valence-electron chi connectivity index (χ0n) is 14.9. The molecule has 2 aromatic carbocycles. The molecule has 1 aliphatic rings. The predicted molar refractivity (Wildman–Crippen MR) is 99.7 cm³/mol. The third-order valence-electron chi connectivity index (χ3n) is 4.84. The van der Waals surface area contributed by atoms with E-state index in [1.807, 2.05) is 28.8 Å². The van der Waals surface area contributed by atoms with E-state index in [-0.39, 0.29) is 16.7 Å². The van der Waals surface area contributed by atoms with Gasteiger partial charge < -0.3 is 9.30 Å². The molecule has 6 nitrogen and oxygen atoms in total. The number of aromatic nitrogens is 2. The summed E-state index contributed by atoms with van der Waals surface area (Å²) in [6.07, 6.45) is 2.43. The number of rotatable bonds is 5. The molecule has 0 saturated carbocycles. The number of ether oxygens (including phenoxy) is 1. The summed E-state index contributed by atoms with van der Waals surface area (Å²) < 4.78 is 48.5. The fraction of sp³-hybridized carbons (Fsp3) is 0.316. The Morgan fingerprint density at radius 2 is 2.07 bits per heavy atom. The third kappa shape index (κ3) is 3.19. The molecule has 4 rings (SSSR count).